The molecule has 0 unspecified atom stereocenters. The molecule has 33 heavy (non-hydrogen) atoms. The zero-order chi connectivity index (χ0) is 23.4. The smallest absolute Gasteiger partial charge is 0.320 e. The molecule has 11 heteroatoms. The van der Waals surface area contributed by atoms with Gasteiger partial charge in [0.25, 0.3) is 0 Å². The standard InChI is InChI=1S/C22H28FN7O3/c1-29-16(19-20(32-2)15(23)12-27-21(19)33-3)10-14-11-18(26-13-17(14)29)28-22(31)25-6-9-30-7-4-24-5-8-30/h10-13,24H,4-9H2,1-3H3,(H2,25,26,28,31). The molecule has 1 aliphatic rings. The summed E-state index contributed by atoms with van der Waals surface area (Å²) in [5, 5.41) is 9.75. The topological polar surface area (TPSA) is 106 Å². The summed E-state index contributed by atoms with van der Waals surface area (Å²) >= 11 is 0. The number of aryl methyl sites for hydroxylation is 1. The Labute approximate surface area is 191 Å². The molecule has 4 rings (SSSR count). The van der Waals surface area contributed by atoms with E-state index in [1.165, 1.54) is 14.2 Å². The van der Waals surface area contributed by atoms with Crippen molar-refractivity contribution >= 4 is 22.8 Å². The first-order chi connectivity index (χ1) is 16.0. The summed E-state index contributed by atoms with van der Waals surface area (Å²) in [6, 6.07) is 3.30. The van der Waals surface area contributed by atoms with E-state index in [1.54, 1.807) is 12.3 Å². The molecule has 2 amide bonds. The van der Waals surface area contributed by atoms with E-state index < -0.39 is 5.82 Å². The van der Waals surface area contributed by atoms with E-state index in [0.29, 0.717) is 23.6 Å². The first kappa shape index (κ1) is 22.7. The Bertz CT molecular complexity index is 1140. The minimum atomic E-state index is -0.587. The highest BCUT2D eigenvalue weighted by Gasteiger charge is 2.22. The van der Waals surface area contributed by atoms with E-state index in [4.69, 9.17) is 9.47 Å². The zero-order valence-electron chi connectivity index (χ0n) is 18.9. The lowest BCUT2D eigenvalue weighted by Crippen LogP contribution is -2.46. The molecular formula is C22H28FN7O3. The molecule has 0 radical (unpaired) electrons. The van der Waals surface area contributed by atoms with Gasteiger partial charge in [-0.15, -0.1) is 0 Å². The van der Waals surface area contributed by atoms with Crippen molar-refractivity contribution in [1.29, 1.82) is 0 Å². The highest BCUT2D eigenvalue weighted by molar-refractivity contribution is 5.94. The lowest BCUT2D eigenvalue weighted by molar-refractivity contribution is 0.233. The SMILES string of the molecule is COc1ncc(F)c(OC)c1-c1cc2cc(NC(=O)NCCN3CCNCC3)ncc2n1C. The predicted octanol–water partition coefficient (Wildman–Crippen LogP) is 1.82. The van der Waals surface area contributed by atoms with Crippen LogP contribution in [0.15, 0.2) is 24.5 Å². The summed E-state index contributed by atoms with van der Waals surface area (Å²) in [7, 11) is 4.70. The summed E-state index contributed by atoms with van der Waals surface area (Å²) < 4.78 is 26.8. The van der Waals surface area contributed by atoms with Crippen LogP contribution in [0.5, 0.6) is 11.6 Å². The molecule has 3 aromatic rings. The van der Waals surface area contributed by atoms with Crippen LogP contribution >= 0.6 is 0 Å². The maximum atomic E-state index is 14.3. The number of hydrogen-bond donors (Lipinski definition) is 3. The number of fused-ring (bicyclic) bond motifs is 1. The number of anilines is 1. The van der Waals surface area contributed by atoms with E-state index in [1.807, 2.05) is 17.7 Å². The lowest BCUT2D eigenvalue weighted by atomic mass is 10.1. The second-order valence-electron chi connectivity index (χ2n) is 7.71. The molecule has 0 atom stereocenters. The summed E-state index contributed by atoms with van der Waals surface area (Å²) in [5.74, 6) is 0.115. The lowest BCUT2D eigenvalue weighted by Gasteiger charge is -2.27. The Morgan fingerprint density at radius 3 is 2.70 bits per heavy atom. The average molecular weight is 458 g/mol. The minimum Gasteiger partial charge on any atom is -0.493 e. The van der Waals surface area contributed by atoms with Gasteiger partial charge < -0.3 is 24.7 Å². The van der Waals surface area contributed by atoms with Crippen molar-refractivity contribution in [2.45, 2.75) is 0 Å². The molecule has 0 bridgehead atoms. The zero-order valence-corrected chi connectivity index (χ0v) is 18.9. The summed E-state index contributed by atoms with van der Waals surface area (Å²) in [5.41, 5.74) is 1.84. The van der Waals surface area contributed by atoms with Gasteiger partial charge in [0.15, 0.2) is 11.6 Å². The van der Waals surface area contributed by atoms with Gasteiger partial charge in [-0.3, -0.25) is 10.2 Å². The number of ether oxygens (including phenoxy) is 2. The number of methoxy groups -OCH3 is 2. The number of urea groups is 1. The van der Waals surface area contributed by atoms with Crippen LogP contribution in [0.2, 0.25) is 0 Å². The number of carbonyl (C=O) groups is 1. The van der Waals surface area contributed by atoms with Gasteiger partial charge in [0.2, 0.25) is 5.88 Å². The van der Waals surface area contributed by atoms with Crippen LogP contribution in [0.25, 0.3) is 22.2 Å². The second-order valence-corrected chi connectivity index (χ2v) is 7.71. The normalized spacial score (nSPS) is 14.3. The van der Waals surface area contributed by atoms with E-state index in [0.717, 1.165) is 49.8 Å². The Kier molecular flexibility index (Phi) is 6.90. The van der Waals surface area contributed by atoms with E-state index in [2.05, 4.69) is 30.8 Å². The maximum Gasteiger partial charge on any atom is 0.320 e. The molecule has 0 aromatic carbocycles. The van der Waals surface area contributed by atoms with E-state index in [-0.39, 0.29) is 17.7 Å². The molecule has 176 valence electrons. The number of halogens is 1. The van der Waals surface area contributed by atoms with E-state index >= 15 is 0 Å². The Hall–Kier alpha value is -3.44. The van der Waals surface area contributed by atoms with Crippen molar-refractivity contribution in [3.63, 3.8) is 0 Å². The number of carbonyl (C=O) groups excluding carboxylic acids is 1. The molecule has 1 fully saturated rings. The van der Waals surface area contributed by atoms with Gasteiger partial charge >= 0.3 is 6.03 Å². The predicted molar refractivity (Wildman–Crippen MR) is 123 cm³/mol. The third-order valence-electron chi connectivity index (χ3n) is 5.70. The van der Waals surface area contributed by atoms with Gasteiger partial charge in [0, 0.05) is 51.7 Å². The number of piperazine rings is 1. The van der Waals surface area contributed by atoms with Gasteiger partial charge in [0.1, 0.15) is 11.4 Å². The largest absolute Gasteiger partial charge is 0.493 e. The molecule has 0 saturated carbocycles. The number of hydrogen-bond acceptors (Lipinski definition) is 7. The van der Waals surface area contributed by atoms with Crippen LogP contribution in [0.4, 0.5) is 15.0 Å². The molecular weight excluding hydrogens is 429 g/mol. The fourth-order valence-electron chi connectivity index (χ4n) is 4.00. The number of rotatable bonds is 7. The van der Waals surface area contributed by atoms with Crippen molar-refractivity contribution in [3.05, 3.63) is 30.3 Å². The van der Waals surface area contributed by atoms with Gasteiger partial charge in [-0.05, 0) is 12.1 Å². The quantitative estimate of drug-likeness (QED) is 0.497. The summed E-state index contributed by atoms with van der Waals surface area (Å²) in [4.78, 5) is 23.0. The molecule has 3 N–H and O–H groups in total. The van der Waals surface area contributed by atoms with Crippen LogP contribution in [0, 0.1) is 5.82 Å². The van der Waals surface area contributed by atoms with Gasteiger partial charge in [0.05, 0.1) is 37.8 Å². The molecule has 0 aliphatic carbocycles. The molecule has 1 saturated heterocycles. The van der Waals surface area contributed by atoms with Crippen LogP contribution in [-0.4, -0.2) is 79.0 Å². The fraction of sp³-hybridized carbons (Fsp3) is 0.409. The van der Waals surface area contributed by atoms with Crippen LogP contribution in [0.3, 0.4) is 0 Å². The third kappa shape index (κ3) is 4.83. The Morgan fingerprint density at radius 1 is 1.18 bits per heavy atom. The highest BCUT2D eigenvalue weighted by Crippen LogP contribution is 2.40. The summed E-state index contributed by atoms with van der Waals surface area (Å²) in [6.45, 7) is 5.25. The Balaban J connectivity index is 1.52. The highest BCUT2D eigenvalue weighted by atomic mass is 19.1. The molecule has 1 aliphatic heterocycles. The Morgan fingerprint density at radius 2 is 1.97 bits per heavy atom. The molecule has 3 aromatic heterocycles. The number of nitrogens with one attached hydrogen (secondary N) is 3. The number of amides is 2. The van der Waals surface area contributed by atoms with Crippen LogP contribution in [0.1, 0.15) is 0 Å². The summed E-state index contributed by atoms with van der Waals surface area (Å²) in [6.07, 6.45) is 2.72. The maximum absolute atomic E-state index is 14.3. The van der Waals surface area contributed by atoms with Crippen molar-refractivity contribution in [2.75, 3.05) is 58.8 Å². The van der Waals surface area contributed by atoms with Crippen molar-refractivity contribution in [1.82, 2.24) is 30.1 Å². The first-order valence-electron chi connectivity index (χ1n) is 10.7. The first-order valence-corrected chi connectivity index (χ1v) is 10.7. The third-order valence-corrected chi connectivity index (χ3v) is 5.70. The van der Waals surface area contributed by atoms with Crippen LogP contribution < -0.4 is 25.4 Å². The molecule has 0 spiro atoms. The van der Waals surface area contributed by atoms with Crippen molar-refractivity contribution < 1.29 is 18.7 Å². The van der Waals surface area contributed by atoms with Crippen molar-refractivity contribution in [2.24, 2.45) is 7.05 Å². The van der Waals surface area contributed by atoms with Crippen molar-refractivity contribution in [3.8, 4) is 22.9 Å². The van der Waals surface area contributed by atoms with Gasteiger partial charge in [-0.1, -0.05) is 0 Å². The number of pyridine rings is 2. The molecule has 10 nitrogen and oxygen atoms in total. The minimum absolute atomic E-state index is 0.0444. The second kappa shape index (κ2) is 10.0. The number of aromatic nitrogens is 3. The fourth-order valence-corrected chi connectivity index (χ4v) is 4.00. The average Bonchev–Trinajstić information content (AvgIpc) is 3.14. The van der Waals surface area contributed by atoms with E-state index in [9.17, 15) is 9.18 Å². The van der Waals surface area contributed by atoms with Gasteiger partial charge in [-0.25, -0.2) is 19.2 Å². The van der Waals surface area contributed by atoms with Crippen LogP contribution in [-0.2, 0) is 7.05 Å². The number of nitrogens with zero attached hydrogens (tertiary/aromatic N) is 4. The van der Waals surface area contributed by atoms with Gasteiger partial charge in [-0.2, -0.15) is 0 Å². The monoisotopic (exact) mass is 457 g/mol. The molecule has 4 heterocycles.